The third kappa shape index (κ3) is 6.14. The Labute approximate surface area is 204 Å². The largest absolute Gasteiger partial charge is 0.491 e. The van der Waals surface area contributed by atoms with Crippen molar-refractivity contribution in [3.63, 3.8) is 0 Å². The SMILES string of the molecule is CCCOc1c(Cl)cc(C(C)(C)c2ccc(OCc3cnc(NN(C)O)nc3)cc2)cc1C#N. The number of rotatable bonds is 10. The molecule has 0 unspecified atom stereocenters. The summed E-state index contributed by atoms with van der Waals surface area (Å²) in [6.07, 6.45) is 4.08. The normalized spacial score (nSPS) is 11.2. The van der Waals surface area contributed by atoms with Crippen molar-refractivity contribution in [2.24, 2.45) is 0 Å². The van der Waals surface area contributed by atoms with Gasteiger partial charge in [-0.15, -0.1) is 5.17 Å². The molecule has 0 aliphatic rings. The van der Waals surface area contributed by atoms with E-state index in [0.29, 0.717) is 35.3 Å². The third-order valence-corrected chi connectivity index (χ3v) is 5.57. The van der Waals surface area contributed by atoms with E-state index in [1.165, 1.54) is 7.05 Å². The molecule has 0 aliphatic carbocycles. The summed E-state index contributed by atoms with van der Waals surface area (Å²) in [4.78, 5) is 8.22. The predicted octanol–water partition coefficient (Wildman–Crippen LogP) is 5.34. The molecule has 9 heteroatoms. The second-order valence-corrected chi connectivity index (χ2v) is 8.69. The number of benzene rings is 2. The van der Waals surface area contributed by atoms with Crippen molar-refractivity contribution in [3.05, 3.63) is 76.1 Å². The first kappa shape index (κ1) is 25.2. The van der Waals surface area contributed by atoms with Gasteiger partial charge < -0.3 is 9.47 Å². The number of hydrazine groups is 1. The van der Waals surface area contributed by atoms with Crippen LogP contribution in [-0.4, -0.2) is 34.0 Å². The molecular formula is C25H28ClN5O3. The maximum atomic E-state index is 9.62. The van der Waals surface area contributed by atoms with Gasteiger partial charge in [-0.3, -0.25) is 10.6 Å². The van der Waals surface area contributed by atoms with Crippen LogP contribution in [-0.2, 0) is 12.0 Å². The van der Waals surface area contributed by atoms with Gasteiger partial charge in [0.05, 0.1) is 17.2 Å². The fourth-order valence-corrected chi connectivity index (χ4v) is 3.59. The highest BCUT2D eigenvalue weighted by atomic mass is 35.5. The molecule has 0 bridgehead atoms. The van der Waals surface area contributed by atoms with E-state index >= 15 is 0 Å². The fourth-order valence-electron chi connectivity index (χ4n) is 3.32. The summed E-state index contributed by atoms with van der Waals surface area (Å²) >= 11 is 6.48. The molecule has 1 heterocycles. The van der Waals surface area contributed by atoms with E-state index in [1.807, 2.05) is 43.3 Å². The Morgan fingerprint density at radius 3 is 2.38 bits per heavy atom. The Morgan fingerprint density at radius 2 is 1.79 bits per heavy atom. The van der Waals surface area contributed by atoms with Gasteiger partial charge in [0.2, 0.25) is 5.95 Å². The summed E-state index contributed by atoms with van der Waals surface area (Å²) in [6.45, 7) is 6.98. The minimum absolute atomic E-state index is 0.282. The molecule has 0 aliphatic heterocycles. The Hall–Kier alpha value is -3.38. The first-order valence-electron chi connectivity index (χ1n) is 10.8. The first-order chi connectivity index (χ1) is 16.2. The zero-order valence-electron chi connectivity index (χ0n) is 19.7. The topological polar surface area (TPSA) is 104 Å². The molecule has 3 rings (SSSR count). The molecule has 0 atom stereocenters. The highest BCUT2D eigenvalue weighted by molar-refractivity contribution is 6.32. The zero-order valence-corrected chi connectivity index (χ0v) is 20.4. The molecule has 0 saturated carbocycles. The van der Waals surface area contributed by atoms with E-state index in [0.717, 1.165) is 28.3 Å². The number of nitriles is 1. The standard InChI is InChI=1S/C25H28ClN5O3/c1-5-10-33-23-18(13-27)11-20(12-22(23)26)25(2,3)19-6-8-21(9-7-19)34-16-17-14-28-24(29-15-17)30-31(4)32/h6-9,11-12,14-15,32H,5,10,16H2,1-4H3,(H,28,29,30). The molecule has 1 aromatic heterocycles. The summed E-state index contributed by atoms with van der Waals surface area (Å²) in [5, 5.41) is 20.0. The highest BCUT2D eigenvalue weighted by Crippen LogP contribution is 2.38. The van der Waals surface area contributed by atoms with Crippen LogP contribution in [0.2, 0.25) is 5.02 Å². The smallest absolute Gasteiger partial charge is 0.239 e. The second-order valence-electron chi connectivity index (χ2n) is 8.28. The molecule has 0 amide bonds. The van der Waals surface area contributed by atoms with Gasteiger partial charge in [-0.1, -0.05) is 44.5 Å². The number of ether oxygens (including phenoxy) is 2. The molecule has 2 aromatic carbocycles. The molecule has 0 fully saturated rings. The van der Waals surface area contributed by atoms with Gasteiger partial charge >= 0.3 is 0 Å². The van der Waals surface area contributed by atoms with Crippen molar-refractivity contribution >= 4 is 17.5 Å². The number of hydroxylamine groups is 1. The molecule has 0 radical (unpaired) electrons. The lowest BCUT2D eigenvalue weighted by atomic mass is 9.77. The molecule has 2 N–H and O–H groups in total. The molecule has 0 saturated heterocycles. The number of nitrogens with one attached hydrogen (secondary N) is 1. The summed E-state index contributed by atoms with van der Waals surface area (Å²) in [6, 6.07) is 13.7. The third-order valence-electron chi connectivity index (χ3n) is 5.28. The maximum absolute atomic E-state index is 9.62. The van der Waals surface area contributed by atoms with E-state index in [4.69, 9.17) is 26.3 Å². The van der Waals surface area contributed by atoms with E-state index in [2.05, 4.69) is 35.3 Å². The number of hydrogen-bond acceptors (Lipinski definition) is 8. The molecule has 178 valence electrons. The van der Waals surface area contributed by atoms with Gasteiger partial charge in [0.15, 0.2) is 5.75 Å². The maximum Gasteiger partial charge on any atom is 0.239 e. The lowest BCUT2D eigenvalue weighted by Gasteiger charge is -2.27. The van der Waals surface area contributed by atoms with Crippen LogP contribution in [0, 0.1) is 11.3 Å². The van der Waals surface area contributed by atoms with Crippen molar-refractivity contribution in [2.45, 2.75) is 39.2 Å². The number of aromatic nitrogens is 2. The quantitative estimate of drug-likeness (QED) is 0.374. The van der Waals surface area contributed by atoms with E-state index in [9.17, 15) is 5.26 Å². The lowest BCUT2D eigenvalue weighted by molar-refractivity contribution is -0.0394. The Morgan fingerprint density at radius 1 is 1.12 bits per heavy atom. The first-order valence-corrected chi connectivity index (χ1v) is 11.2. The summed E-state index contributed by atoms with van der Waals surface area (Å²) < 4.78 is 11.5. The number of anilines is 1. The van der Waals surface area contributed by atoms with Gasteiger partial charge in [0, 0.05) is 30.4 Å². The minimum atomic E-state index is -0.395. The van der Waals surface area contributed by atoms with Gasteiger partial charge in [0.1, 0.15) is 18.4 Å². The summed E-state index contributed by atoms with van der Waals surface area (Å²) in [5.41, 5.74) is 5.35. The van der Waals surface area contributed by atoms with Crippen molar-refractivity contribution in [1.82, 2.24) is 15.1 Å². The Kier molecular flexibility index (Phi) is 8.29. The summed E-state index contributed by atoms with van der Waals surface area (Å²) in [5.74, 6) is 1.42. The van der Waals surface area contributed by atoms with E-state index in [-0.39, 0.29) is 5.95 Å². The van der Waals surface area contributed by atoms with Gasteiger partial charge in [0.25, 0.3) is 0 Å². The van der Waals surface area contributed by atoms with Crippen LogP contribution in [0.4, 0.5) is 5.95 Å². The highest BCUT2D eigenvalue weighted by Gasteiger charge is 2.26. The zero-order chi connectivity index (χ0) is 24.7. The van der Waals surface area contributed by atoms with Crippen molar-refractivity contribution in [1.29, 1.82) is 5.26 Å². The molecule has 34 heavy (non-hydrogen) atoms. The lowest BCUT2D eigenvalue weighted by Crippen LogP contribution is -2.22. The average Bonchev–Trinajstić information content (AvgIpc) is 2.82. The number of hydrogen-bond donors (Lipinski definition) is 2. The van der Waals surface area contributed by atoms with Crippen LogP contribution in [0.15, 0.2) is 48.8 Å². The average molecular weight is 482 g/mol. The molecule has 3 aromatic rings. The van der Waals surface area contributed by atoms with Gasteiger partial charge in [-0.2, -0.15) is 5.26 Å². The van der Waals surface area contributed by atoms with Crippen molar-refractivity contribution in [3.8, 4) is 17.6 Å². The molecule has 0 spiro atoms. The van der Waals surface area contributed by atoms with Crippen LogP contribution in [0.3, 0.4) is 0 Å². The minimum Gasteiger partial charge on any atom is -0.491 e. The number of nitrogens with zero attached hydrogens (tertiary/aromatic N) is 4. The van der Waals surface area contributed by atoms with Crippen LogP contribution in [0.5, 0.6) is 11.5 Å². The molecule has 8 nitrogen and oxygen atoms in total. The Balaban J connectivity index is 1.72. The fraction of sp³-hybridized carbons (Fsp3) is 0.320. The van der Waals surface area contributed by atoms with Gasteiger partial charge in [-0.05, 0) is 41.8 Å². The van der Waals surface area contributed by atoms with Crippen molar-refractivity contribution < 1.29 is 14.7 Å². The van der Waals surface area contributed by atoms with E-state index < -0.39 is 5.41 Å². The summed E-state index contributed by atoms with van der Waals surface area (Å²) in [7, 11) is 1.43. The second kappa shape index (κ2) is 11.2. The molecular weight excluding hydrogens is 454 g/mol. The van der Waals surface area contributed by atoms with Crippen LogP contribution in [0.25, 0.3) is 0 Å². The van der Waals surface area contributed by atoms with Gasteiger partial charge in [-0.25, -0.2) is 9.97 Å². The number of halogens is 1. The van der Waals surface area contributed by atoms with Crippen LogP contribution in [0.1, 0.15) is 49.4 Å². The van der Waals surface area contributed by atoms with E-state index in [1.54, 1.807) is 12.4 Å². The monoisotopic (exact) mass is 481 g/mol. The predicted molar refractivity (Wildman–Crippen MR) is 130 cm³/mol. The Bertz CT molecular complexity index is 1140. The van der Waals surface area contributed by atoms with Crippen LogP contribution < -0.4 is 14.9 Å². The van der Waals surface area contributed by atoms with Crippen LogP contribution >= 0.6 is 11.6 Å². The van der Waals surface area contributed by atoms with Crippen molar-refractivity contribution in [2.75, 3.05) is 19.1 Å².